The Kier molecular flexibility index (Phi) is 2.92. The van der Waals surface area contributed by atoms with Gasteiger partial charge in [-0.2, -0.15) is 0 Å². The van der Waals surface area contributed by atoms with Crippen LogP contribution in [0.15, 0.2) is 40.4 Å². The second kappa shape index (κ2) is 4.79. The van der Waals surface area contributed by atoms with E-state index >= 15 is 0 Å². The molecule has 0 radical (unpaired) electrons. The van der Waals surface area contributed by atoms with Gasteiger partial charge in [0.05, 0.1) is 24.2 Å². The maximum absolute atomic E-state index is 13.0. The molecule has 1 unspecified atom stereocenters. The molecule has 5 nitrogen and oxygen atoms in total. The van der Waals surface area contributed by atoms with Crippen LogP contribution in [0.3, 0.4) is 0 Å². The average molecular weight is 338 g/mol. The number of ether oxygens (including phenoxy) is 1. The molecule has 6 rings (SSSR count). The van der Waals surface area contributed by atoms with Crippen LogP contribution in [0.25, 0.3) is 0 Å². The highest BCUT2D eigenvalue weighted by atomic mass is 16.5. The molecule has 0 N–H and O–H groups in total. The first-order chi connectivity index (χ1) is 12.1. The number of esters is 1. The molecule has 0 amide bonds. The third-order valence-electron chi connectivity index (χ3n) is 7.18. The van der Waals surface area contributed by atoms with Crippen LogP contribution in [0, 0.1) is 17.3 Å². The first-order valence-electron chi connectivity index (χ1n) is 9.10. The van der Waals surface area contributed by atoms with Crippen LogP contribution in [0.2, 0.25) is 0 Å². The van der Waals surface area contributed by atoms with E-state index in [2.05, 4.69) is 17.9 Å². The van der Waals surface area contributed by atoms with Gasteiger partial charge in [0.25, 0.3) is 0 Å². The number of rotatable bonds is 1. The Balaban J connectivity index is 1.82. The van der Waals surface area contributed by atoms with E-state index in [1.54, 1.807) is 12.2 Å². The molecule has 4 aliphatic heterocycles. The van der Waals surface area contributed by atoms with Crippen molar-refractivity contribution in [1.82, 2.24) is 4.90 Å². The molecular weight excluding hydrogens is 316 g/mol. The zero-order valence-electron chi connectivity index (χ0n) is 14.6. The van der Waals surface area contributed by atoms with Crippen molar-refractivity contribution in [3.8, 4) is 0 Å². The van der Waals surface area contributed by atoms with E-state index in [0.717, 1.165) is 43.6 Å². The largest absolute Gasteiger partial charge is 0.469 e. The Labute approximate surface area is 147 Å². The molecule has 1 spiro atoms. The number of nitrogens with zero attached hydrogens (tertiary/aromatic N) is 2. The lowest BCUT2D eigenvalue weighted by Gasteiger charge is -2.50. The Morgan fingerprint density at radius 1 is 1.40 bits per heavy atom. The molecule has 1 saturated carbocycles. The van der Waals surface area contributed by atoms with Crippen molar-refractivity contribution in [2.75, 3.05) is 20.2 Å². The minimum Gasteiger partial charge on any atom is -0.469 e. The lowest BCUT2D eigenvalue weighted by molar-refractivity contribution is -0.156. The predicted molar refractivity (Wildman–Crippen MR) is 93.0 cm³/mol. The summed E-state index contributed by atoms with van der Waals surface area (Å²) < 4.78 is 5.28. The molecule has 5 heteroatoms. The van der Waals surface area contributed by atoms with E-state index in [0.29, 0.717) is 0 Å². The number of ketones is 1. The molecule has 0 aromatic heterocycles. The van der Waals surface area contributed by atoms with Crippen LogP contribution < -0.4 is 0 Å². The average Bonchev–Trinajstić information content (AvgIpc) is 2.99. The zero-order chi connectivity index (χ0) is 17.4. The summed E-state index contributed by atoms with van der Waals surface area (Å²) in [4.78, 5) is 32.8. The topological polar surface area (TPSA) is 59.0 Å². The van der Waals surface area contributed by atoms with Crippen molar-refractivity contribution in [2.24, 2.45) is 22.2 Å². The fraction of sp³-hybridized carbons (Fsp3) is 0.550. The standard InChI is InChI=1S/C20H22N2O3/c1-3-12-11-22-9-8-19-15-10-13(23)4-5-16(15)21-20(19,22)7-6-14(12)17(19)18(24)25-2/h3-5,10,14,17H,6-9,11H2,1-2H3/b12-3-/t14-,17+,19-,20-/m0/s1. The summed E-state index contributed by atoms with van der Waals surface area (Å²) in [6.07, 6.45) is 10.1. The highest BCUT2D eigenvalue weighted by Gasteiger charge is 2.74. The number of hydrogen-bond donors (Lipinski definition) is 0. The van der Waals surface area contributed by atoms with Gasteiger partial charge in [-0.1, -0.05) is 11.6 Å². The van der Waals surface area contributed by atoms with Crippen molar-refractivity contribution < 1.29 is 14.3 Å². The number of allylic oxidation sites excluding steroid dienone is 4. The number of carbonyl (C=O) groups excluding carboxylic acids is 2. The molecule has 4 heterocycles. The maximum atomic E-state index is 13.0. The van der Waals surface area contributed by atoms with Gasteiger partial charge in [0.2, 0.25) is 0 Å². The van der Waals surface area contributed by atoms with Gasteiger partial charge in [0.15, 0.2) is 5.78 Å². The zero-order valence-corrected chi connectivity index (χ0v) is 14.6. The third kappa shape index (κ3) is 1.56. The molecule has 4 bridgehead atoms. The summed E-state index contributed by atoms with van der Waals surface area (Å²) in [5, 5.41) is 0. The summed E-state index contributed by atoms with van der Waals surface area (Å²) in [5.74, 6) is -0.255. The van der Waals surface area contributed by atoms with Gasteiger partial charge in [-0.05, 0) is 55.9 Å². The quantitative estimate of drug-likeness (QED) is 0.417. The lowest BCUT2D eigenvalue weighted by Crippen LogP contribution is -2.57. The summed E-state index contributed by atoms with van der Waals surface area (Å²) in [6, 6.07) is 0. The highest BCUT2D eigenvalue weighted by molar-refractivity contribution is 6.22. The Bertz CT molecular complexity index is 821. The van der Waals surface area contributed by atoms with Crippen LogP contribution in [0.4, 0.5) is 0 Å². The summed E-state index contributed by atoms with van der Waals surface area (Å²) in [6.45, 7) is 3.82. The van der Waals surface area contributed by atoms with Crippen molar-refractivity contribution in [3.05, 3.63) is 35.5 Å². The minimum atomic E-state index is -0.427. The molecule has 25 heavy (non-hydrogen) atoms. The van der Waals surface area contributed by atoms with E-state index in [-0.39, 0.29) is 23.6 Å². The molecule has 0 aromatic rings. The predicted octanol–water partition coefficient (Wildman–Crippen LogP) is 2.05. The highest BCUT2D eigenvalue weighted by Crippen LogP contribution is 2.69. The Morgan fingerprint density at radius 3 is 3.00 bits per heavy atom. The molecule has 3 saturated heterocycles. The summed E-state index contributed by atoms with van der Waals surface area (Å²) in [5.41, 5.74) is 2.35. The lowest BCUT2D eigenvalue weighted by atomic mass is 9.53. The van der Waals surface area contributed by atoms with Crippen LogP contribution >= 0.6 is 0 Å². The van der Waals surface area contributed by atoms with Crippen LogP contribution in [0.5, 0.6) is 0 Å². The van der Waals surface area contributed by atoms with Gasteiger partial charge < -0.3 is 4.74 Å². The molecule has 0 aromatic carbocycles. The fourth-order valence-electron chi connectivity index (χ4n) is 6.29. The van der Waals surface area contributed by atoms with E-state index in [1.165, 1.54) is 12.7 Å². The molecule has 2 aliphatic carbocycles. The second-order valence-corrected chi connectivity index (χ2v) is 7.76. The number of methoxy groups -OCH3 is 1. The van der Waals surface area contributed by atoms with E-state index in [4.69, 9.17) is 9.73 Å². The Hall–Kier alpha value is -2.01. The van der Waals surface area contributed by atoms with Crippen LogP contribution in [-0.2, 0) is 14.3 Å². The molecule has 130 valence electrons. The fourth-order valence-corrected chi connectivity index (χ4v) is 6.29. The number of carbonyl (C=O) groups is 2. The third-order valence-corrected chi connectivity index (χ3v) is 7.18. The second-order valence-electron chi connectivity index (χ2n) is 7.76. The van der Waals surface area contributed by atoms with E-state index < -0.39 is 11.1 Å². The first-order valence-corrected chi connectivity index (χ1v) is 9.10. The van der Waals surface area contributed by atoms with Gasteiger partial charge in [-0.25, -0.2) is 0 Å². The normalized spacial score (nSPS) is 45.0. The van der Waals surface area contributed by atoms with Crippen molar-refractivity contribution in [3.63, 3.8) is 0 Å². The van der Waals surface area contributed by atoms with Gasteiger partial charge >= 0.3 is 5.97 Å². The minimum absolute atomic E-state index is 0.00572. The number of hydrogen-bond acceptors (Lipinski definition) is 5. The van der Waals surface area contributed by atoms with Crippen molar-refractivity contribution in [1.29, 1.82) is 0 Å². The van der Waals surface area contributed by atoms with Crippen molar-refractivity contribution in [2.45, 2.75) is 31.8 Å². The monoisotopic (exact) mass is 338 g/mol. The van der Waals surface area contributed by atoms with Crippen LogP contribution in [0.1, 0.15) is 26.2 Å². The SMILES string of the molecule is C/C=C1/CN2CC[C@@]34C5=CC(=O)C=CC5=N[C@@]23CC[C@@H]1[C@@H]4C(=O)OC. The first kappa shape index (κ1) is 15.3. The van der Waals surface area contributed by atoms with Gasteiger partial charge in [0, 0.05) is 13.1 Å². The van der Waals surface area contributed by atoms with E-state index in [1.807, 2.05) is 6.08 Å². The maximum Gasteiger partial charge on any atom is 0.310 e. The summed E-state index contributed by atoms with van der Waals surface area (Å²) >= 11 is 0. The van der Waals surface area contributed by atoms with Gasteiger partial charge in [-0.15, -0.1) is 0 Å². The number of aliphatic imine (C=N–C) groups is 1. The Morgan fingerprint density at radius 2 is 2.24 bits per heavy atom. The van der Waals surface area contributed by atoms with Crippen molar-refractivity contribution >= 4 is 17.5 Å². The summed E-state index contributed by atoms with van der Waals surface area (Å²) in [7, 11) is 1.48. The molecule has 5 atom stereocenters. The van der Waals surface area contributed by atoms with E-state index in [9.17, 15) is 9.59 Å². The smallest absolute Gasteiger partial charge is 0.310 e. The van der Waals surface area contributed by atoms with Gasteiger partial charge in [-0.3, -0.25) is 19.5 Å². The van der Waals surface area contributed by atoms with Crippen LogP contribution in [-0.4, -0.2) is 48.2 Å². The number of fused-ring (bicyclic) bond motifs is 3. The molecule has 4 fully saturated rings. The van der Waals surface area contributed by atoms with Gasteiger partial charge in [0.1, 0.15) is 5.66 Å². The molecule has 6 aliphatic rings. The molecular formula is C20H22N2O3.